The molecule has 1 amide bonds. The summed E-state index contributed by atoms with van der Waals surface area (Å²) in [7, 11) is 2.96. The molecule has 7 heteroatoms. The van der Waals surface area contributed by atoms with Gasteiger partial charge < -0.3 is 19.5 Å². The molecule has 2 rings (SSSR count). The third-order valence-electron chi connectivity index (χ3n) is 6.91. The number of aliphatic hydroxyl groups is 1. The summed E-state index contributed by atoms with van der Waals surface area (Å²) < 4.78 is 10.7. The summed E-state index contributed by atoms with van der Waals surface area (Å²) in [6, 6.07) is 7.77. The molecule has 0 radical (unpaired) electrons. The second-order valence-electron chi connectivity index (χ2n) is 10.7. The number of hydrogen-bond donors (Lipinski definition) is 1. The lowest BCUT2D eigenvalue weighted by molar-refractivity contribution is -0.144. The number of likely N-dealkylation sites (N-methyl/N-ethyl adjacent to an activating group) is 1. The molecule has 2 aromatic rings. The van der Waals surface area contributed by atoms with E-state index in [1.807, 2.05) is 40.7 Å². The van der Waals surface area contributed by atoms with Gasteiger partial charge in [0.05, 0.1) is 18.1 Å². The van der Waals surface area contributed by atoms with Crippen LogP contribution in [0, 0.1) is 19.3 Å². The van der Waals surface area contributed by atoms with E-state index in [4.69, 9.17) is 9.47 Å². The number of aryl methyl sites for hydroxylation is 3. The van der Waals surface area contributed by atoms with Crippen molar-refractivity contribution in [1.29, 1.82) is 0 Å². The van der Waals surface area contributed by atoms with E-state index in [2.05, 4.69) is 25.1 Å². The van der Waals surface area contributed by atoms with E-state index in [0.29, 0.717) is 10.8 Å². The molecule has 0 aliphatic heterocycles. The lowest BCUT2D eigenvalue weighted by Crippen LogP contribution is -2.40. The number of amides is 1. The summed E-state index contributed by atoms with van der Waals surface area (Å²) >= 11 is 1.51. The van der Waals surface area contributed by atoms with Gasteiger partial charge in [-0.1, -0.05) is 39.8 Å². The normalized spacial score (nSPS) is 14.2. The van der Waals surface area contributed by atoms with E-state index >= 15 is 0 Å². The summed E-state index contributed by atoms with van der Waals surface area (Å²) in [4.78, 5) is 28.1. The average Bonchev–Trinajstić information content (AvgIpc) is 3.21. The molecule has 1 aromatic heterocycles. The van der Waals surface area contributed by atoms with Gasteiger partial charge in [-0.3, -0.25) is 4.79 Å². The third-order valence-corrected chi connectivity index (χ3v) is 8.19. The number of aliphatic hydroxyl groups excluding tert-OH is 1. The highest BCUT2D eigenvalue weighted by molar-refractivity contribution is 7.14. The van der Waals surface area contributed by atoms with E-state index in [1.54, 1.807) is 14.0 Å². The van der Waals surface area contributed by atoms with Crippen molar-refractivity contribution in [1.82, 2.24) is 4.90 Å². The van der Waals surface area contributed by atoms with Crippen LogP contribution in [0.1, 0.15) is 84.6 Å². The molecule has 36 heavy (non-hydrogen) atoms. The minimum Gasteiger partial charge on any atom is -0.491 e. The average molecular weight is 518 g/mol. The smallest absolute Gasteiger partial charge is 0.328 e. The molecule has 200 valence electrons. The van der Waals surface area contributed by atoms with Crippen molar-refractivity contribution in [3.63, 3.8) is 0 Å². The standard InChI is InChI=1S/C29H43NO5S/c1-10-21(22-12-14-24(18(2)15-22)35-17-25(31)29(5,6)7)11-13-23-16-19(3)26(36-23)27(32)30(8)20(4)28(33)34-9/h12,14-16,20-21,25,31H,10-11,13,17H2,1-9H3. The van der Waals surface area contributed by atoms with Gasteiger partial charge in [-0.2, -0.15) is 0 Å². The highest BCUT2D eigenvalue weighted by atomic mass is 32.1. The van der Waals surface area contributed by atoms with Gasteiger partial charge >= 0.3 is 5.97 Å². The molecule has 3 unspecified atom stereocenters. The fraction of sp³-hybridized carbons (Fsp3) is 0.586. The number of hydrogen-bond acceptors (Lipinski definition) is 6. The van der Waals surface area contributed by atoms with Crippen LogP contribution in [0.25, 0.3) is 0 Å². The van der Waals surface area contributed by atoms with Crippen molar-refractivity contribution >= 4 is 23.2 Å². The topological polar surface area (TPSA) is 76.1 Å². The van der Waals surface area contributed by atoms with Crippen molar-refractivity contribution in [2.24, 2.45) is 5.41 Å². The lowest BCUT2D eigenvalue weighted by atomic mass is 9.89. The third kappa shape index (κ3) is 7.56. The first-order chi connectivity index (χ1) is 16.8. The van der Waals surface area contributed by atoms with Crippen LogP contribution in [0.4, 0.5) is 0 Å². The number of rotatable bonds is 11. The van der Waals surface area contributed by atoms with Gasteiger partial charge in [-0.15, -0.1) is 11.3 Å². The van der Waals surface area contributed by atoms with Crippen molar-refractivity contribution in [3.8, 4) is 5.75 Å². The number of ether oxygens (including phenoxy) is 2. The van der Waals surface area contributed by atoms with E-state index in [0.717, 1.165) is 36.1 Å². The van der Waals surface area contributed by atoms with Crippen LogP contribution >= 0.6 is 11.3 Å². The molecule has 0 spiro atoms. The molecule has 0 bridgehead atoms. The molecule has 0 saturated carbocycles. The maximum Gasteiger partial charge on any atom is 0.328 e. The van der Waals surface area contributed by atoms with E-state index in [9.17, 15) is 14.7 Å². The number of carbonyl (C=O) groups is 2. The second kappa shape index (κ2) is 12.7. The first-order valence-electron chi connectivity index (χ1n) is 12.7. The summed E-state index contributed by atoms with van der Waals surface area (Å²) in [5.41, 5.74) is 3.05. The van der Waals surface area contributed by atoms with Crippen LogP contribution in [0.2, 0.25) is 0 Å². The molecule has 0 fully saturated rings. The van der Waals surface area contributed by atoms with Crippen molar-refractivity contribution in [2.75, 3.05) is 20.8 Å². The summed E-state index contributed by atoms with van der Waals surface area (Å²) in [6.45, 7) is 14.1. The van der Waals surface area contributed by atoms with E-state index in [-0.39, 0.29) is 17.9 Å². The maximum atomic E-state index is 13.0. The summed E-state index contributed by atoms with van der Waals surface area (Å²) in [5.74, 6) is 0.611. The second-order valence-corrected chi connectivity index (χ2v) is 11.8. The summed E-state index contributed by atoms with van der Waals surface area (Å²) in [5, 5.41) is 10.3. The van der Waals surface area contributed by atoms with Crippen LogP contribution in [0.3, 0.4) is 0 Å². The van der Waals surface area contributed by atoms with Gasteiger partial charge in [-0.05, 0) is 80.2 Å². The number of benzene rings is 1. The Bertz CT molecular complexity index is 1040. The first-order valence-corrected chi connectivity index (χ1v) is 13.5. The van der Waals surface area contributed by atoms with Crippen molar-refractivity contribution < 1.29 is 24.2 Å². The predicted octanol–water partition coefficient (Wildman–Crippen LogP) is 5.91. The maximum absolute atomic E-state index is 13.0. The minimum atomic E-state index is -0.635. The number of esters is 1. The summed E-state index contributed by atoms with van der Waals surface area (Å²) in [6.07, 6.45) is 2.33. The highest BCUT2D eigenvalue weighted by Crippen LogP contribution is 2.32. The number of nitrogens with zero attached hydrogens (tertiary/aromatic N) is 1. The van der Waals surface area contributed by atoms with Crippen LogP contribution in [0.5, 0.6) is 5.75 Å². The fourth-order valence-electron chi connectivity index (χ4n) is 3.98. The Morgan fingerprint density at radius 2 is 1.81 bits per heavy atom. The minimum absolute atomic E-state index is 0.156. The Hall–Kier alpha value is -2.38. The predicted molar refractivity (Wildman–Crippen MR) is 146 cm³/mol. The SMILES string of the molecule is CCC(CCc1cc(C)c(C(=O)N(C)C(C)C(=O)OC)s1)c1ccc(OCC(O)C(C)(C)C)c(C)c1. The van der Waals surface area contributed by atoms with Gasteiger partial charge in [0.1, 0.15) is 18.4 Å². The Balaban J connectivity index is 2.06. The molecule has 1 aromatic carbocycles. The molecular formula is C29H43NO5S. The molecule has 0 saturated heterocycles. The van der Waals surface area contributed by atoms with Crippen molar-refractivity contribution in [2.45, 2.75) is 85.8 Å². The zero-order valence-electron chi connectivity index (χ0n) is 23.3. The van der Waals surface area contributed by atoms with Crippen LogP contribution in [-0.2, 0) is 16.0 Å². The van der Waals surface area contributed by atoms with Gasteiger partial charge in [-0.25, -0.2) is 4.79 Å². The Kier molecular flexibility index (Phi) is 10.6. The Morgan fingerprint density at radius 1 is 1.14 bits per heavy atom. The van der Waals surface area contributed by atoms with Gasteiger partial charge in [0.25, 0.3) is 5.91 Å². The molecular weight excluding hydrogens is 474 g/mol. The quantitative estimate of drug-likeness (QED) is 0.375. The lowest BCUT2D eigenvalue weighted by Gasteiger charge is -2.26. The first kappa shape index (κ1) is 29.8. The van der Waals surface area contributed by atoms with E-state index in [1.165, 1.54) is 33.8 Å². The molecule has 0 aliphatic carbocycles. The highest BCUT2D eigenvalue weighted by Gasteiger charge is 2.26. The number of methoxy groups -OCH3 is 1. The fourth-order valence-corrected chi connectivity index (χ4v) is 5.15. The monoisotopic (exact) mass is 517 g/mol. The van der Waals surface area contributed by atoms with Crippen molar-refractivity contribution in [3.05, 3.63) is 50.7 Å². The van der Waals surface area contributed by atoms with Gasteiger partial charge in [0, 0.05) is 11.9 Å². The zero-order chi connectivity index (χ0) is 27.2. The number of carbonyl (C=O) groups excluding carboxylic acids is 2. The number of thiophene rings is 1. The van der Waals surface area contributed by atoms with Crippen LogP contribution in [-0.4, -0.2) is 54.8 Å². The van der Waals surface area contributed by atoms with Crippen LogP contribution in [0.15, 0.2) is 24.3 Å². The zero-order valence-corrected chi connectivity index (χ0v) is 24.1. The Labute approximate surface area is 220 Å². The van der Waals surface area contributed by atoms with Gasteiger partial charge in [0.2, 0.25) is 0 Å². The molecule has 0 aliphatic rings. The molecule has 6 nitrogen and oxygen atoms in total. The van der Waals surface area contributed by atoms with Crippen LogP contribution < -0.4 is 4.74 Å². The molecule has 1 N–H and O–H groups in total. The van der Waals surface area contributed by atoms with E-state index < -0.39 is 18.1 Å². The molecule has 3 atom stereocenters. The Morgan fingerprint density at radius 3 is 2.36 bits per heavy atom. The molecule has 1 heterocycles. The largest absolute Gasteiger partial charge is 0.491 e. The van der Waals surface area contributed by atoms with Gasteiger partial charge in [0.15, 0.2) is 0 Å².